The van der Waals surface area contributed by atoms with Crippen molar-refractivity contribution < 1.29 is 23.2 Å². The minimum atomic E-state index is -4.88. The van der Waals surface area contributed by atoms with E-state index in [1.54, 1.807) is 0 Å². The highest BCUT2D eigenvalue weighted by atomic mass is 32.2. The molecule has 0 atom stereocenters. The Bertz CT molecular complexity index is 130. The van der Waals surface area contributed by atoms with Gasteiger partial charge in [-0.25, -0.2) is 8.42 Å². The van der Waals surface area contributed by atoms with Gasteiger partial charge in [-0.15, -0.1) is 0 Å². The zero-order valence-corrected chi connectivity index (χ0v) is 3.92. The van der Waals surface area contributed by atoms with Crippen LogP contribution in [0.15, 0.2) is 0 Å². The van der Waals surface area contributed by atoms with Crippen molar-refractivity contribution in [3.63, 3.8) is 0 Å². The van der Waals surface area contributed by atoms with Crippen LogP contribution in [0.3, 0.4) is 0 Å². The van der Waals surface area contributed by atoms with Gasteiger partial charge in [0.05, 0.1) is 0 Å². The van der Waals surface area contributed by atoms with Gasteiger partial charge in [0.15, 0.2) is 0 Å². The zero-order chi connectivity index (χ0) is 6.08. The fourth-order valence-corrected chi connectivity index (χ4v) is 0. The number of rotatable bonds is 1. The summed E-state index contributed by atoms with van der Waals surface area (Å²) in [4.78, 5) is 0. The summed E-state index contributed by atoms with van der Waals surface area (Å²) in [6.45, 7) is 0. The predicted octanol–water partition coefficient (Wildman–Crippen LogP) is -2.20. The van der Waals surface area contributed by atoms with E-state index in [-0.39, 0.29) is 0 Å². The molecule has 0 fully saturated rings. The summed E-state index contributed by atoms with van der Waals surface area (Å²) in [5, 5.41) is 15.1. The summed E-state index contributed by atoms with van der Waals surface area (Å²) in [5.41, 5.74) is -2.78. The predicted molar refractivity (Wildman–Crippen MR) is 17.9 cm³/mol. The Morgan fingerprint density at radius 1 is 1.43 bits per heavy atom. The highest BCUT2D eigenvalue weighted by Gasteiger charge is 2.02. The van der Waals surface area contributed by atoms with Crippen molar-refractivity contribution in [2.45, 2.75) is 5.62 Å². The van der Waals surface area contributed by atoms with Gasteiger partial charge >= 0.3 is 0 Å². The third kappa shape index (κ3) is 2.52. The van der Waals surface area contributed by atoms with E-state index in [2.05, 4.69) is 0 Å². The molecule has 0 spiro atoms. The van der Waals surface area contributed by atoms with Gasteiger partial charge in [-0.05, 0) is 0 Å². The summed E-state index contributed by atoms with van der Waals surface area (Å²) in [6.07, 6.45) is 0. The maximum atomic E-state index is 9.28. The third-order valence-corrected chi connectivity index (χ3v) is 0.775. The van der Waals surface area contributed by atoms with Crippen molar-refractivity contribution >= 4 is 10.1 Å². The van der Waals surface area contributed by atoms with Crippen LogP contribution >= 0.6 is 0 Å². The molecule has 0 bridgehead atoms. The lowest BCUT2D eigenvalue weighted by molar-refractivity contribution is 0.0229. The quantitative estimate of drug-likeness (QED) is 0.307. The molecule has 0 aliphatic heterocycles. The zero-order valence-electron chi connectivity index (χ0n) is 3.10. The van der Waals surface area contributed by atoms with E-state index in [1.807, 2.05) is 0 Å². The van der Waals surface area contributed by atoms with Crippen molar-refractivity contribution in [1.29, 1.82) is 0 Å². The van der Waals surface area contributed by atoms with Crippen LogP contribution in [-0.4, -0.2) is 28.8 Å². The molecule has 0 aromatic heterocycles. The summed E-state index contributed by atoms with van der Waals surface area (Å²) >= 11 is 0. The van der Waals surface area contributed by atoms with Crippen molar-refractivity contribution in [3.8, 4) is 0 Å². The van der Waals surface area contributed by atoms with E-state index in [0.29, 0.717) is 0 Å². The van der Waals surface area contributed by atoms with Crippen molar-refractivity contribution in [1.82, 2.24) is 0 Å². The molecule has 0 amide bonds. The number of hydrogen-bond donors (Lipinski definition) is 2. The van der Waals surface area contributed by atoms with E-state index in [1.165, 1.54) is 0 Å². The van der Waals surface area contributed by atoms with Gasteiger partial charge in [-0.2, -0.15) is 0 Å². The van der Waals surface area contributed by atoms with Crippen LogP contribution in [0.5, 0.6) is 0 Å². The lowest BCUT2D eigenvalue weighted by Gasteiger charge is -2.05. The summed E-state index contributed by atoms with van der Waals surface area (Å²) in [7, 11) is -4.88. The van der Waals surface area contributed by atoms with Gasteiger partial charge < -0.3 is 14.8 Å². The first-order valence-electron chi connectivity index (χ1n) is 1.25. The lowest BCUT2D eigenvalue weighted by Crippen LogP contribution is -2.18. The molecule has 0 saturated carbocycles. The highest BCUT2D eigenvalue weighted by Crippen LogP contribution is 1.84. The topological polar surface area (TPSA) is 97.7 Å². The molecule has 5 nitrogen and oxygen atoms in total. The van der Waals surface area contributed by atoms with E-state index in [9.17, 15) is 13.0 Å². The van der Waals surface area contributed by atoms with Crippen LogP contribution in [0.1, 0.15) is 0 Å². The fourth-order valence-electron chi connectivity index (χ4n) is 0. The summed E-state index contributed by atoms with van der Waals surface area (Å²) in [5.74, 6) is 0. The van der Waals surface area contributed by atoms with E-state index >= 15 is 0 Å². The molecule has 0 saturated heterocycles. The molecule has 0 aromatic rings. The Morgan fingerprint density at radius 3 is 1.57 bits per heavy atom. The number of hydrogen-bond acceptors (Lipinski definition) is 5. The van der Waals surface area contributed by atoms with Crippen LogP contribution in [-0.2, 0) is 10.1 Å². The number of aliphatic hydroxyl groups is 2. The van der Waals surface area contributed by atoms with Crippen LogP contribution in [0.2, 0.25) is 0 Å². The van der Waals surface area contributed by atoms with Gasteiger partial charge in [0.25, 0.3) is 0 Å². The molecule has 0 radical (unpaired) electrons. The molecule has 7 heavy (non-hydrogen) atoms. The van der Waals surface area contributed by atoms with Crippen LogP contribution in [0, 0.1) is 0 Å². The van der Waals surface area contributed by atoms with Crippen LogP contribution < -0.4 is 0 Å². The molecular formula is CH3O5S-. The Kier molecular flexibility index (Phi) is 1.70. The van der Waals surface area contributed by atoms with Crippen LogP contribution in [0.4, 0.5) is 0 Å². The fraction of sp³-hybridized carbons (Fsp3) is 1.00. The standard InChI is InChI=1S/CH4O5S/c2-1(3)7(4,5)6/h1-3H,(H,4,5,6)/p-1. The van der Waals surface area contributed by atoms with Gasteiger partial charge in [-0.1, -0.05) is 0 Å². The molecule has 0 heterocycles. The lowest BCUT2D eigenvalue weighted by atomic mass is 11.5. The molecule has 0 unspecified atom stereocenters. The molecule has 0 aliphatic carbocycles. The van der Waals surface area contributed by atoms with Crippen LogP contribution in [0.25, 0.3) is 0 Å². The Hall–Kier alpha value is -0.170. The molecule has 6 heteroatoms. The highest BCUT2D eigenvalue weighted by molar-refractivity contribution is 7.85. The monoisotopic (exact) mass is 127 g/mol. The normalized spacial score (nSPS) is 12.6. The molecule has 0 rings (SSSR count). The van der Waals surface area contributed by atoms with Gasteiger partial charge in [0.1, 0.15) is 10.1 Å². The van der Waals surface area contributed by atoms with E-state index < -0.39 is 15.7 Å². The van der Waals surface area contributed by atoms with Crippen molar-refractivity contribution in [3.05, 3.63) is 0 Å². The molecule has 0 aliphatic rings. The first-order chi connectivity index (χ1) is 2.94. The van der Waals surface area contributed by atoms with Gasteiger partial charge in [0, 0.05) is 0 Å². The minimum absolute atomic E-state index is 2.78. The number of aliphatic hydroxyl groups excluding tert-OH is 1. The Labute approximate surface area is 40.0 Å². The smallest absolute Gasteiger partial charge is 0.246 e. The van der Waals surface area contributed by atoms with Crippen molar-refractivity contribution in [2.75, 3.05) is 0 Å². The van der Waals surface area contributed by atoms with Gasteiger partial charge in [0.2, 0.25) is 5.62 Å². The molecule has 2 N–H and O–H groups in total. The second kappa shape index (κ2) is 1.74. The average Bonchev–Trinajstić information content (AvgIpc) is 1.31. The average molecular weight is 127 g/mol. The Morgan fingerprint density at radius 2 is 1.57 bits per heavy atom. The molecule has 0 aromatic carbocycles. The summed E-state index contributed by atoms with van der Waals surface area (Å²) < 4.78 is 27.8. The second-order valence-electron chi connectivity index (χ2n) is 0.819. The van der Waals surface area contributed by atoms with Crippen molar-refractivity contribution in [2.24, 2.45) is 0 Å². The SMILES string of the molecule is O=S(=O)([O-])C(O)O. The largest absolute Gasteiger partial charge is 0.744 e. The third-order valence-electron chi connectivity index (χ3n) is 0.258. The first-order valence-corrected chi connectivity index (χ1v) is 2.72. The van der Waals surface area contributed by atoms with E-state index in [0.717, 1.165) is 0 Å². The Balaban J connectivity index is 4.10. The molecule has 44 valence electrons. The second-order valence-corrected chi connectivity index (χ2v) is 2.23. The molecular weight excluding hydrogens is 124 g/mol. The maximum absolute atomic E-state index is 9.28. The maximum Gasteiger partial charge on any atom is 0.246 e. The van der Waals surface area contributed by atoms with Gasteiger partial charge in [-0.3, -0.25) is 0 Å². The van der Waals surface area contributed by atoms with E-state index in [4.69, 9.17) is 10.2 Å². The minimum Gasteiger partial charge on any atom is -0.744 e. The first kappa shape index (κ1) is 6.83. The summed E-state index contributed by atoms with van der Waals surface area (Å²) in [6, 6.07) is 0.